The first-order valence-electron chi connectivity index (χ1n) is 13.1. The summed E-state index contributed by atoms with van der Waals surface area (Å²) in [5.41, 5.74) is 4.06. The van der Waals surface area contributed by atoms with Gasteiger partial charge in [0, 0.05) is 42.4 Å². The lowest BCUT2D eigenvalue weighted by molar-refractivity contribution is -0.142. The van der Waals surface area contributed by atoms with Crippen molar-refractivity contribution in [1.29, 1.82) is 0 Å². The lowest BCUT2D eigenvalue weighted by Crippen LogP contribution is -2.26. The quantitative estimate of drug-likeness (QED) is 0.309. The normalized spacial score (nSPS) is 14.2. The Balaban J connectivity index is 1.28. The Morgan fingerprint density at radius 1 is 1.03 bits per heavy atom. The van der Waals surface area contributed by atoms with Crippen molar-refractivity contribution < 1.29 is 9.53 Å². The summed E-state index contributed by atoms with van der Waals surface area (Å²) in [5.74, 6) is 0.888. The number of fused-ring (bicyclic) bond motifs is 1. The van der Waals surface area contributed by atoms with Crippen LogP contribution in [0, 0.1) is 0 Å². The van der Waals surface area contributed by atoms with Gasteiger partial charge in [0.2, 0.25) is 0 Å². The number of nitrogens with zero attached hydrogens (tertiary/aromatic N) is 7. The highest BCUT2D eigenvalue weighted by Crippen LogP contribution is 2.26. The molecule has 198 valence electrons. The summed E-state index contributed by atoms with van der Waals surface area (Å²) in [5, 5.41) is 16.1. The molecule has 4 aromatic heterocycles. The molecule has 0 unspecified atom stereocenters. The van der Waals surface area contributed by atoms with E-state index >= 15 is 0 Å². The second-order valence-corrected chi connectivity index (χ2v) is 10.5. The standard InChI is InChI=1S/C28H34N8O2/c1-20(37)38-19-28(2,3)23-14-27(34-30-17-23)33-26-8-7-24-25(32-26)13-21(15-29-24)22-16-31-36(18-22)12-6-11-35-9-4-5-10-35/h7-8,13-18H,4-6,9-12,19H2,1-3H3,(H,32,33,34). The van der Waals surface area contributed by atoms with Crippen LogP contribution in [0.4, 0.5) is 11.6 Å². The molecular weight excluding hydrogens is 480 g/mol. The number of hydrogen-bond donors (Lipinski definition) is 1. The molecule has 5 heterocycles. The molecule has 0 aliphatic carbocycles. The average Bonchev–Trinajstić information content (AvgIpc) is 3.60. The molecule has 0 bridgehead atoms. The van der Waals surface area contributed by atoms with Crippen molar-refractivity contribution in [3.63, 3.8) is 0 Å². The summed E-state index contributed by atoms with van der Waals surface area (Å²) >= 11 is 0. The summed E-state index contributed by atoms with van der Waals surface area (Å²) in [6.07, 6.45) is 11.3. The second kappa shape index (κ2) is 11.2. The predicted molar refractivity (Wildman–Crippen MR) is 146 cm³/mol. The number of aryl methyl sites for hydroxylation is 1. The molecular formula is C28H34N8O2. The van der Waals surface area contributed by atoms with Gasteiger partial charge in [-0.1, -0.05) is 13.8 Å². The number of anilines is 2. The zero-order valence-electron chi connectivity index (χ0n) is 22.2. The van der Waals surface area contributed by atoms with Gasteiger partial charge in [0.05, 0.1) is 23.4 Å². The number of nitrogens with one attached hydrogen (secondary N) is 1. The van der Waals surface area contributed by atoms with E-state index in [9.17, 15) is 4.79 Å². The second-order valence-electron chi connectivity index (χ2n) is 10.5. The molecule has 1 N–H and O–H groups in total. The van der Waals surface area contributed by atoms with Crippen molar-refractivity contribution in [2.45, 2.75) is 52.0 Å². The Labute approximate surface area is 222 Å². The first-order valence-corrected chi connectivity index (χ1v) is 13.1. The average molecular weight is 515 g/mol. The number of aromatic nitrogens is 6. The summed E-state index contributed by atoms with van der Waals surface area (Å²) in [7, 11) is 0. The number of ether oxygens (including phenoxy) is 1. The number of carbonyl (C=O) groups is 1. The number of hydrogen-bond acceptors (Lipinski definition) is 9. The Morgan fingerprint density at radius 3 is 2.68 bits per heavy atom. The highest BCUT2D eigenvalue weighted by Gasteiger charge is 2.23. The fourth-order valence-electron chi connectivity index (χ4n) is 4.63. The predicted octanol–water partition coefficient (Wildman–Crippen LogP) is 4.35. The summed E-state index contributed by atoms with van der Waals surface area (Å²) in [6, 6.07) is 7.72. The molecule has 0 aromatic carbocycles. The largest absolute Gasteiger partial charge is 0.465 e. The molecule has 0 radical (unpaired) electrons. The minimum absolute atomic E-state index is 0.255. The minimum atomic E-state index is -0.410. The fourth-order valence-corrected chi connectivity index (χ4v) is 4.63. The fraction of sp³-hybridized carbons (Fsp3) is 0.429. The van der Waals surface area contributed by atoms with E-state index in [1.807, 2.05) is 55.2 Å². The molecule has 1 aliphatic heterocycles. The summed E-state index contributed by atoms with van der Waals surface area (Å²) in [4.78, 5) is 23.2. The molecule has 0 spiro atoms. The molecule has 0 amide bonds. The van der Waals surface area contributed by atoms with Crippen molar-refractivity contribution in [2.75, 3.05) is 31.6 Å². The van der Waals surface area contributed by atoms with Crippen LogP contribution < -0.4 is 5.32 Å². The highest BCUT2D eigenvalue weighted by atomic mass is 16.5. The Hall–Kier alpha value is -3.92. The number of pyridine rings is 2. The molecule has 38 heavy (non-hydrogen) atoms. The summed E-state index contributed by atoms with van der Waals surface area (Å²) < 4.78 is 7.23. The molecule has 4 aromatic rings. The molecule has 5 rings (SSSR count). The monoisotopic (exact) mass is 514 g/mol. The van der Waals surface area contributed by atoms with Crippen LogP contribution in [0.15, 0.2) is 49.1 Å². The van der Waals surface area contributed by atoms with Gasteiger partial charge < -0.3 is 15.0 Å². The lowest BCUT2D eigenvalue weighted by Gasteiger charge is -2.24. The molecule has 0 atom stereocenters. The smallest absolute Gasteiger partial charge is 0.302 e. The number of rotatable bonds is 10. The van der Waals surface area contributed by atoms with Gasteiger partial charge in [-0.05, 0) is 68.7 Å². The van der Waals surface area contributed by atoms with Gasteiger partial charge in [-0.2, -0.15) is 10.2 Å². The third kappa shape index (κ3) is 6.31. The van der Waals surface area contributed by atoms with Crippen LogP contribution in [0.2, 0.25) is 0 Å². The lowest BCUT2D eigenvalue weighted by atomic mass is 9.87. The molecule has 0 saturated carbocycles. The van der Waals surface area contributed by atoms with E-state index in [1.54, 1.807) is 6.20 Å². The van der Waals surface area contributed by atoms with Gasteiger partial charge in [0.15, 0.2) is 5.82 Å². The van der Waals surface area contributed by atoms with Gasteiger partial charge in [-0.3, -0.25) is 14.5 Å². The zero-order chi connectivity index (χ0) is 26.5. The number of carbonyl (C=O) groups excluding carboxylic acids is 1. The Kier molecular flexibility index (Phi) is 7.59. The van der Waals surface area contributed by atoms with Gasteiger partial charge >= 0.3 is 5.97 Å². The maximum atomic E-state index is 11.3. The van der Waals surface area contributed by atoms with Crippen LogP contribution in [0.3, 0.4) is 0 Å². The topological polar surface area (TPSA) is 111 Å². The van der Waals surface area contributed by atoms with Gasteiger partial charge in [0.1, 0.15) is 12.4 Å². The molecule has 1 fully saturated rings. The van der Waals surface area contributed by atoms with E-state index in [2.05, 4.69) is 36.7 Å². The molecule has 10 heteroatoms. The maximum absolute atomic E-state index is 11.3. The van der Waals surface area contributed by atoms with Crippen molar-refractivity contribution in [1.82, 2.24) is 34.8 Å². The first-order chi connectivity index (χ1) is 18.4. The van der Waals surface area contributed by atoms with E-state index < -0.39 is 5.41 Å². The first kappa shape index (κ1) is 25.7. The molecule has 1 aliphatic rings. The van der Waals surface area contributed by atoms with Crippen LogP contribution in [0.5, 0.6) is 0 Å². The van der Waals surface area contributed by atoms with Crippen LogP contribution in [-0.4, -0.2) is 67.1 Å². The number of esters is 1. The summed E-state index contributed by atoms with van der Waals surface area (Å²) in [6.45, 7) is 10.1. The van der Waals surface area contributed by atoms with Crippen molar-refractivity contribution in [3.8, 4) is 11.1 Å². The third-order valence-corrected chi connectivity index (χ3v) is 6.89. The van der Waals surface area contributed by atoms with Crippen LogP contribution in [0.1, 0.15) is 45.6 Å². The van der Waals surface area contributed by atoms with Gasteiger partial charge in [0.25, 0.3) is 0 Å². The van der Waals surface area contributed by atoms with Crippen molar-refractivity contribution in [2.24, 2.45) is 0 Å². The van der Waals surface area contributed by atoms with E-state index in [-0.39, 0.29) is 12.6 Å². The Bertz CT molecular complexity index is 1410. The van der Waals surface area contributed by atoms with E-state index in [1.165, 1.54) is 32.9 Å². The number of likely N-dealkylation sites (tertiary alicyclic amines) is 1. The maximum Gasteiger partial charge on any atom is 0.302 e. The Morgan fingerprint density at radius 2 is 1.87 bits per heavy atom. The zero-order valence-corrected chi connectivity index (χ0v) is 22.2. The van der Waals surface area contributed by atoms with Crippen LogP contribution in [0.25, 0.3) is 22.2 Å². The van der Waals surface area contributed by atoms with Crippen LogP contribution >= 0.6 is 0 Å². The SMILES string of the molecule is CC(=O)OCC(C)(C)c1cnnc(Nc2ccc3ncc(-c4cnn(CCCN5CCCC5)c4)cc3n2)c1. The van der Waals surface area contributed by atoms with Crippen LogP contribution in [-0.2, 0) is 21.5 Å². The van der Waals surface area contributed by atoms with Crippen molar-refractivity contribution >= 4 is 28.6 Å². The van der Waals surface area contributed by atoms with Crippen molar-refractivity contribution in [3.05, 3.63) is 54.6 Å². The molecule has 10 nitrogen and oxygen atoms in total. The third-order valence-electron chi connectivity index (χ3n) is 6.89. The van der Waals surface area contributed by atoms with Gasteiger partial charge in [-0.25, -0.2) is 4.98 Å². The van der Waals surface area contributed by atoms with Gasteiger partial charge in [-0.15, -0.1) is 5.10 Å². The molecule has 1 saturated heterocycles. The minimum Gasteiger partial charge on any atom is -0.465 e. The van der Waals surface area contributed by atoms with E-state index in [4.69, 9.17) is 9.72 Å². The van der Waals surface area contributed by atoms with E-state index in [0.29, 0.717) is 11.6 Å². The highest BCUT2D eigenvalue weighted by molar-refractivity contribution is 5.81. The van der Waals surface area contributed by atoms with E-state index in [0.717, 1.165) is 47.2 Å².